The van der Waals surface area contributed by atoms with Crippen molar-refractivity contribution in [3.63, 3.8) is 0 Å². The summed E-state index contributed by atoms with van der Waals surface area (Å²) in [4.78, 5) is 9.65. The van der Waals surface area contributed by atoms with Crippen molar-refractivity contribution >= 4 is 45.5 Å². The third kappa shape index (κ3) is 11.9. The number of rotatable bonds is 11. The second-order valence-electron chi connectivity index (χ2n) is 8.10. The fourth-order valence-corrected chi connectivity index (χ4v) is 4.30. The predicted molar refractivity (Wildman–Crippen MR) is 143 cm³/mol. The van der Waals surface area contributed by atoms with Crippen LogP contribution in [0.5, 0.6) is 0 Å². The van der Waals surface area contributed by atoms with Gasteiger partial charge in [-0.3, -0.25) is 9.89 Å². The molecule has 2 N–H and O–H groups in total. The maximum Gasteiger partial charge on any atom is 0.191 e. The van der Waals surface area contributed by atoms with E-state index in [0.717, 1.165) is 64.6 Å². The van der Waals surface area contributed by atoms with Crippen LogP contribution in [0.2, 0.25) is 0 Å². The van der Waals surface area contributed by atoms with E-state index in [1.165, 1.54) is 11.9 Å². The Morgan fingerprint density at radius 2 is 1.81 bits per heavy atom. The van der Waals surface area contributed by atoms with Gasteiger partial charge >= 0.3 is 0 Å². The molecule has 1 unspecified atom stereocenters. The first-order chi connectivity index (χ1) is 14.4. The molecule has 1 aromatic rings. The van der Waals surface area contributed by atoms with Gasteiger partial charge in [-0.2, -0.15) is 0 Å². The van der Waals surface area contributed by atoms with Crippen LogP contribution in [0.3, 0.4) is 0 Å². The zero-order valence-corrected chi connectivity index (χ0v) is 22.4. The minimum Gasteiger partial charge on any atom is -0.369 e. The number of hydrogen-bond acceptors (Lipinski definition) is 5. The Bertz CT molecular complexity index is 738. The van der Waals surface area contributed by atoms with Crippen LogP contribution >= 0.6 is 24.0 Å². The number of unbranched alkanes of at least 4 members (excludes halogenated alkanes) is 1. The molecule has 0 amide bonds. The molecule has 9 heteroatoms. The molecule has 1 aromatic carbocycles. The largest absolute Gasteiger partial charge is 0.369 e. The Morgan fingerprint density at radius 3 is 2.42 bits per heavy atom. The van der Waals surface area contributed by atoms with Gasteiger partial charge < -0.3 is 15.5 Å². The zero-order chi connectivity index (χ0) is 21.8. The van der Waals surface area contributed by atoms with E-state index in [1.807, 2.05) is 13.8 Å². The van der Waals surface area contributed by atoms with Crippen LogP contribution < -0.4 is 15.5 Å². The lowest BCUT2D eigenvalue weighted by Crippen LogP contribution is -2.46. The lowest BCUT2D eigenvalue weighted by Gasteiger charge is -2.36. The van der Waals surface area contributed by atoms with Crippen LogP contribution in [-0.4, -0.2) is 83.1 Å². The molecular weight excluding hydrogens is 525 g/mol. The van der Waals surface area contributed by atoms with Crippen molar-refractivity contribution in [2.45, 2.75) is 39.2 Å². The molecule has 31 heavy (non-hydrogen) atoms. The van der Waals surface area contributed by atoms with E-state index in [9.17, 15) is 8.42 Å². The normalized spacial score (nSPS) is 16.5. The highest BCUT2D eigenvalue weighted by Gasteiger charge is 2.16. The maximum atomic E-state index is 11.3. The average molecular weight is 566 g/mol. The number of piperazine rings is 1. The molecule has 0 bridgehead atoms. The lowest BCUT2D eigenvalue weighted by molar-refractivity contribution is 0.253. The number of nitrogens with one attached hydrogen (secondary N) is 2. The first-order valence-corrected chi connectivity index (χ1v) is 13.2. The van der Waals surface area contributed by atoms with Crippen LogP contribution in [0.1, 0.15) is 33.1 Å². The van der Waals surface area contributed by atoms with E-state index in [0.29, 0.717) is 6.42 Å². The Balaban J connectivity index is 0.00000480. The van der Waals surface area contributed by atoms with E-state index in [4.69, 9.17) is 0 Å². The summed E-state index contributed by atoms with van der Waals surface area (Å²) in [6.45, 7) is 11.1. The van der Waals surface area contributed by atoms with Crippen molar-refractivity contribution in [2.24, 2.45) is 4.99 Å². The Morgan fingerprint density at radius 1 is 1.13 bits per heavy atom. The number of para-hydroxylation sites is 1. The Kier molecular flexibility index (Phi) is 13.4. The summed E-state index contributed by atoms with van der Waals surface area (Å²) in [6, 6.07) is 10.7. The summed E-state index contributed by atoms with van der Waals surface area (Å²) in [7, 11) is -2.93. The van der Waals surface area contributed by atoms with Crippen LogP contribution in [0.25, 0.3) is 0 Å². The Labute approximate surface area is 206 Å². The van der Waals surface area contributed by atoms with Gasteiger partial charge in [0.05, 0.1) is 5.75 Å². The van der Waals surface area contributed by atoms with Crippen molar-refractivity contribution in [1.82, 2.24) is 15.5 Å². The molecule has 0 spiro atoms. The topological polar surface area (TPSA) is 77.0 Å². The van der Waals surface area contributed by atoms with Crippen molar-refractivity contribution in [1.29, 1.82) is 0 Å². The number of halogens is 1. The van der Waals surface area contributed by atoms with Crippen LogP contribution in [-0.2, 0) is 9.84 Å². The average Bonchev–Trinajstić information content (AvgIpc) is 2.73. The highest BCUT2D eigenvalue weighted by Crippen LogP contribution is 2.15. The Hall–Kier alpha value is -1.07. The van der Waals surface area contributed by atoms with Crippen molar-refractivity contribution in [3.05, 3.63) is 30.3 Å². The summed E-state index contributed by atoms with van der Waals surface area (Å²) in [5.41, 5.74) is 1.32. The molecule has 178 valence electrons. The van der Waals surface area contributed by atoms with Gasteiger partial charge in [0.1, 0.15) is 9.84 Å². The number of sulfone groups is 1. The van der Waals surface area contributed by atoms with Gasteiger partial charge in [0.25, 0.3) is 0 Å². The fraction of sp³-hybridized carbons (Fsp3) is 0.682. The van der Waals surface area contributed by atoms with Crippen molar-refractivity contribution < 1.29 is 8.42 Å². The molecule has 1 atom stereocenters. The highest BCUT2D eigenvalue weighted by atomic mass is 127. The minimum atomic E-state index is -2.93. The quantitative estimate of drug-likeness (QED) is 0.186. The molecule has 0 aromatic heterocycles. The minimum absolute atomic E-state index is 0. The van der Waals surface area contributed by atoms with Gasteiger partial charge in [0.15, 0.2) is 5.96 Å². The second-order valence-corrected chi connectivity index (χ2v) is 10.4. The standard InChI is InChI=1S/C22H39N5O2S.HI/c1-4-23-22(25-20(2)12-19-30(3,28)29)24-13-8-9-14-26-15-17-27(18-16-26)21-10-6-5-7-11-21;/h5-7,10-11,20H,4,8-9,12-19H2,1-3H3,(H2,23,24,25);1H. The van der Waals surface area contributed by atoms with Gasteiger partial charge in [-0.15, -0.1) is 24.0 Å². The molecule has 7 nitrogen and oxygen atoms in total. The summed E-state index contributed by atoms with van der Waals surface area (Å²) in [5.74, 6) is 0.966. The van der Waals surface area contributed by atoms with Crippen LogP contribution in [0.4, 0.5) is 5.69 Å². The fourth-order valence-electron chi connectivity index (χ4n) is 3.52. The number of hydrogen-bond donors (Lipinski definition) is 2. The smallest absolute Gasteiger partial charge is 0.191 e. The van der Waals surface area contributed by atoms with Gasteiger partial charge in [-0.05, 0) is 51.8 Å². The number of aliphatic imine (C=N–C) groups is 1. The molecule has 0 aliphatic carbocycles. The summed E-state index contributed by atoms with van der Waals surface area (Å²) in [6.07, 6.45) is 4.05. The highest BCUT2D eigenvalue weighted by molar-refractivity contribution is 14.0. The number of benzene rings is 1. The van der Waals surface area contributed by atoms with E-state index in [2.05, 4.69) is 55.8 Å². The SMILES string of the molecule is CCNC(=NCCCCN1CCN(c2ccccc2)CC1)NC(C)CCS(C)(=O)=O.I. The molecule has 0 saturated carbocycles. The first-order valence-electron chi connectivity index (χ1n) is 11.1. The van der Waals surface area contributed by atoms with Gasteiger partial charge in [-0.25, -0.2) is 8.42 Å². The van der Waals surface area contributed by atoms with Gasteiger partial charge in [0, 0.05) is 57.3 Å². The van der Waals surface area contributed by atoms with Gasteiger partial charge in [0.2, 0.25) is 0 Å². The summed E-state index contributed by atoms with van der Waals surface area (Å²) in [5, 5.41) is 6.55. The van der Waals surface area contributed by atoms with E-state index in [-0.39, 0.29) is 35.8 Å². The molecule has 0 radical (unpaired) electrons. The van der Waals surface area contributed by atoms with Crippen molar-refractivity contribution in [2.75, 3.05) is 62.7 Å². The third-order valence-corrected chi connectivity index (χ3v) is 6.27. The number of guanidine groups is 1. The van der Waals surface area contributed by atoms with Gasteiger partial charge in [-0.1, -0.05) is 18.2 Å². The summed E-state index contributed by atoms with van der Waals surface area (Å²) >= 11 is 0. The van der Waals surface area contributed by atoms with Crippen LogP contribution in [0, 0.1) is 0 Å². The van der Waals surface area contributed by atoms with Crippen molar-refractivity contribution in [3.8, 4) is 0 Å². The molecule has 1 heterocycles. The lowest BCUT2D eigenvalue weighted by atomic mass is 10.2. The van der Waals surface area contributed by atoms with E-state index >= 15 is 0 Å². The zero-order valence-electron chi connectivity index (χ0n) is 19.2. The predicted octanol–water partition coefficient (Wildman–Crippen LogP) is 2.59. The van der Waals surface area contributed by atoms with E-state index in [1.54, 1.807) is 0 Å². The molecule has 1 fully saturated rings. The molecule has 1 aliphatic heterocycles. The third-order valence-electron chi connectivity index (χ3n) is 5.29. The monoisotopic (exact) mass is 565 g/mol. The number of anilines is 1. The second kappa shape index (κ2) is 14.9. The maximum absolute atomic E-state index is 11.3. The van der Waals surface area contributed by atoms with Crippen LogP contribution in [0.15, 0.2) is 35.3 Å². The molecule has 1 aliphatic rings. The molecule has 2 rings (SSSR count). The summed E-state index contributed by atoms with van der Waals surface area (Å²) < 4.78 is 22.7. The molecular formula is C22H40IN5O2S. The number of nitrogens with zero attached hydrogens (tertiary/aromatic N) is 3. The first kappa shape index (κ1) is 28.0. The van der Waals surface area contributed by atoms with E-state index < -0.39 is 9.84 Å². The molecule has 1 saturated heterocycles.